The van der Waals surface area contributed by atoms with Gasteiger partial charge in [0.15, 0.2) is 11.6 Å². The van der Waals surface area contributed by atoms with Crippen LogP contribution in [0.15, 0.2) is 23.6 Å². The normalized spacial score (nSPS) is 19.6. The molecule has 1 aliphatic heterocycles. The number of ether oxygens (including phenoxy) is 1. The van der Waals surface area contributed by atoms with Gasteiger partial charge >= 0.3 is 0 Å². The van der Waals surface area contributed by atoms with Crippen molar-refractivity contribution in [3.8, 4) is 11.3 Å². The summed E-state index contributed by atoms with van der Waals surface area (Å²) in [6.07, 6.45) is 0. The van der Waals surface area contributed by atoms with Gasteiger partial charge in [-0.3, -0.25) is 0 Å². The van der Waals surface area contributed by atoms with Gasteiger partial charge in [0.05, 0.1) is 24.9 Å². The molecule has 1 aromatic heterocycles. The highest BCUT2D eigenvalue weighted by molar-refractivity contribution is 7.10. The summed E-state index contributed by atoms with van der Waals surface area (Å²) < 4.78 is 32.2. The topological polar surface area (TPSA) is 34.1 Å². The molecule has 1 N–H and O–H groups in total. The Kier molecular flexibility index (Phi) is 3.54. The Morgan fingerprint density at radius 1 is 1.37 bits per heavy atom. The van der Waals surface area contributed by atoms with Crippen LogP contribution in [0.5, 0.6) is 0 Å². The Hall–Kier alpha value is -1.37. The largest absolute Gasteiger partial charge is 0.378 e. The predicted octanol–water partition coefficient (Wildman–Crippen LogP) is 2.75. The molecule has 0 aliphatic carbocycles. The van der Waals surface area contributed by atoms with E-state index in [1.54, 1.807) is 5.38 Å². The first-order chi connectivity index (χ1) is 9.25. The van der Waals surface area contributed by atoms with Crippen LogP contribution in [0.2, 0.25) is 0 Å². The van der Waals surface area contributed by atoms with Gasteiger partial charge in [-0.05, 0) is 12.1 Å². The molecule has 1 aromatic carbocycles. The van der Waals surface area contributed by atoms with Crippen molar-refractivity contribution in [3.63, 3.8) is 0 Å². The lowest BCUT2D eigenvalue weighted by Crippen LogP contribution is -2.34. The van der Waals surface area contributed by atoms with E-state index in [-0.39, 0.29) is 11.6 Å². The third-order valence-electron chi connectivity index (χ3n) is 2.97. The quantitative estimate of drug-likeness (QED) is 0.919. The zero-order chi connectivity index (χ0) is 13.2. The first-order valence-electron chi connectivity index (χ1n) is 5.96. The summed E-state index contributed by atoms with van der Waals surface area (Å²) in [5.41, 5.74) is 0.656. The molecule has 0 amide bonds. The van der Waals surface area contributed by atoms with Crippen LogP contribution in [0.3, 0.4) is 0 Å². The zero-order valence-electron chi connectivity index (χ0n) is 10.0. The van der Waals surface area contributed by atoms with E-state index < -0.39 is 11.6 Å². The van der Waals surface area contributed by atoms with Crippen LogP contribution >= 0.6 is 11.3 Å². The van der Waals surface area contributed by atoms with Crippen LogP contribution in [0, 0.1) is 11.6 Å². The lowest BCUT2D eigenvalue weighted by Gasteiger charge is -2.21. The third-order valence-corrected chi connectivity index (χ3v) is 3.93. The SMILES string of the molecule is Fc1cccc(-c2csc(C3COCCN3)n2)c1F. The lowest BCUT2D eigenvalue weighted by atomic mass is 10.1. The number of halogens is 2. The summed E-state index contributed by atoms with van der Waals surface area (Å²) in [5.74, 6) is -1.71. The molecule has 1 saturated heterocycles. The van der Waals surface area contributed by atoms with Crippen molar-refractivity contribution < 1.29 is 13.5 Å². The highest BCUT2D eigenvalue weighted by Crippen LogP contribution is 2.28. The van der Waals surface area contributed by atoms with Crippen molar-refractivity contribution in [2.45, 2.75) is 6.04 Å². The lowest BCUT2D eigenvalue weighted by molar-refractivity contribution is 0.0768. The van der Waals surface area contributed by atoms with Gasteiger partial charge in [0.2, 0.25) is 0 Å². The molecule has 0 spiro atoms. The highest BCUT2D eigenvalue weighted by atomic mass is 32.1. The summed E-state index contributed by atoms with van der Waals surface area (Å²) in [6.45, 7) is 2.01. The van der Waals surface area contributed by atoms with E-state index in [1.807, 2.05) is 0 Å². The molecule has 2 aromatic rings. The van der Waals surface area contributed by atoms with Crippen molar-refractivity contribution >= 4 is 11.3 Å². The maximum Gasteiger partial charge on any atom is 0.168 e. The number of aromatic nitrogens is 1. The zero-order valence-corrected chi connectivity index (χ0v) is 10.8. The van der Waals surface area contributed by atoms with Crippen LogP contribution in [0.25, 0.3) is 11.3 Å². The first kappa shape index (κ1) is 12.7. The Morgan fingerprint density at radius 3 is 3.05 bits per heavy atom. The predicted molar refractivity (Wildman–Crippen MR) is 69.0 cm³/mol. The number of nitrogens with one attached hydrogen (secondary N) is 1. The fourth-order valence-corrected chi connectivity index (χ4v) is 2.88. The van der Waals surface area contributed by atoms with Gasteiger partial charge in [0.1, 0.15) is 5.01 Å². The van der Waals surface area contributed by atoms with E-state index >= 15 is 0 Å². The van der Waals surface area contributed by atoms with E-state index in [0.29, 0.717) is 18.9 Å². The van der Waals surface area contributed by atoms with E-state index in [1.165, 1.54) is 23.5 Å². The average Bonchev–Trinajstić information content (AvgIpc) is 2.92. The smallest absolute Gasteiger partial charge is 0.168 e. The molecule has 19 heavy (non-hydrogen) atoms. The number of hydrogen-bond acceptors (Lipinski definition) is 4. The minimum atomic E-state index is -0.855. The van der Waals surface area contributed by atoms with E-state index in [2.05, 4.69) is 10.3 Å². The van der Waals surface area contributed by atoms with Gasteiger partial charge in [0, 0.05) is 17.5 Å². The molecule has 1 atom stereocenters. The van der Waals surface area contributed by atoms with Crippen LogP contribution in [0.4, 0.5) is 8.78 Å². The van der Waals surface area contributed by atoms with Crippen LogP contribution in [0.1, 0.15) is 11.0 Å². The minimum Gasteiger partial charge on any atom is -0.378 e. The molecule has 2 heterocycles. The fraction of sp³-hybridized carbons (Fsp3) is 0.308. The first-order valence-corrected chi connectivity index (χ1v) is 6.84. The second kappa shape index (κ2) is 5.32. The highest BCUT2D eigenvalue weighted by Gasteiger charge is 2.20. The molecular formula is C13H12F2N2OS. The Labute approximate surface area is 113 Å². The second-order valence-electron chi connectivity index (χ2n) is 4.25. The molecule has 1 fully saturated rings. The Bertz CT molecular complexity index is 582. The fourth-order valence-electron chi connectivity index (χ4n) is 2.00. The monoisotopic (exact) mass is 282 g/mol. The van der Waals surface area contributed by atoms with Crippen molar-refractivity contribution in [2.24, 2.45) is 0 Å². The minimum absolute atomic E-state index is 0.0316. The van der Waals surface area contributed by atoms with Gasteiger partial charge in [-0.25, -0.2) is 13.8 Å². The molecule has 0 saturated carbocycles. The van der Waals surface area contributed by atoms with Crippen LogP contribution in [-0.2, 0) is 4.74 Å². The standard InChI is InChI=1S/C13H12F2N2OS/c14-9-3-1-2-8(12(9)15)11-7-19-13(17-11)10-6-18-5-4-16-10/h1-3,7,10,16H,4-6H2. The van der Waals surface area contributed by atoms with Gasteiger partial charge in [-0.15, -0.1) is 11.3 Å². The molecule has 100 valence electrons. The molecule has 1 aliphatic rings. The Morgan fingerprint density at radius 2 is 2.26 bits per heavy atom. The Balaban J connectivity index is 1.90. The van der Waals surface area contributed by atoms with Crippen molar-refractivity contribution in [3.05, 3.63) is 40.2 Å². The van der Waals surface area contributed by atoms with Crippen LogP contribution in [-0.4, -0.2) is 24.7 Å². The second-order valence-corrected chi connectivity index (χ2v) is 5.14. The number of morpholine rings is 1. The molecule has 0 radical (unpaired) electrons. The third kappa shape index (κ3) is 2.51. The number of nitrogens with zero attached hydrogens (tertiary/aromatic N) is 1. The summed E-state index contributed by atoms with van der Waals surface area (Å²) in [5, 5.41) is 5.85. The number of benzene rings is 1. The molecule has 1 unspecified atom stereocenters. The average molecular weight is 282 g/mol. The maximum atomic E-state index is 13.7. The van der Waals surface area contributed by atoms with Gasteiger partial charge in [-0.2, -0.15) is 0 Å². The molecular weight excluding hydrogens is 270 g/mol. The van der Waals surface area contributed by atoms with Crippen LogP contribution < -0.4 is 5.32 Å². The van der Waals surface area contributed by atoms with E-state index in [4.69, 9.17) is 4.74 Å². The number of thiazole rings is 1. The van der Waals surface area contributed by atoms with Crippen molar-refractivity contribution in [1.82, 2.24) is 10.3 Å². The molecule has 0 bridgehead atoms. The molecule has 3 rings (SSSR count). The summed E-state index contributed by atoms with van der Waals surface area (Å²) in [7, 11) is 0. The van der Waals surface area contributed by atoms with Crippen molar-refractivity contribution in [1.29, 1.82) is 0 Å². The number of rotatable bonds is 2. The van der Waals surface area contributed by atoms with Crippen molar-refractivity contribution in [2.75, 3.05) is 19.8 Å². The summed E-state index contributed by atoms with van der Waals surface area (Å²) in [6, 6.07) is 4.14. The summed E-state index contributed by atoms with van der Waals surface area (Å²) >= 11 is 1.42. The molecule has 6 heteroatoms. The summed E-state index contributed by atoms with van der Waals surface area (Å²) in [4.78, 5) is 4.38. The van der Waals surface area contributed by atoms with E-state index in [9.17, 15) is 8.78 Å². The van der Waals surface area contributed by atoms with Gasteiger partial charge < -0.3 is 10.1 Å². The van der Waals surface area contributed by atoms with E-state index in [0.717, 1.165) is 17.6 Å². The molecule has 3 nitrogen and oxygen atoms in total. The maximum absolute atomic E-state index is 13.7. The number of hydrogen-bond donors (Lipinski definition) is 1. The van der Waals surface area contributed by atoms with Gasteiger partial charge in [-0.1, -0.05) is 6.07 Å². The van der Waals surface area contributed by atoms with Gasteiger partial charge in [0.25, 0.3) is 0 Å².